The second-order valence-corrected chi connectivity index (χ2v) is 15.4. The van der Waals surface area contributed by atoms with Gasteiger partial charge in [0, 0.05) is 76.6 Å². The minimum atomic E-state index is 0. The van der Waals surface area contributed by atoms with Crippen LogP contribution in [0, 0.1) is 41.5 Å². The lowest BCUT2D eigenvalue weighted by atomic mass is 9.96. The van der Waals surface area contributed by atoms with Gasteiger partial charge >= 0.3 is 0 Å². The molecule has 0 unspecified atom stereocenters. The summed E-state index contributed by atoms with van der Waals surface area (Å²) in [5.74, 6) is 0.195. The highest BCUT2D eigenvalue weighted by Gasteiger charge is 2.24. The second-order valence-electron chi connectivity index (χ2n) is 15.4. The molecule has 4 aromatic carbocycles. The first-order valence-corrected chi connectivity index (χ1v) is 19.4. The summed E-state index contributed by atoms with van der Waals surface area (Å²) in [5, 5.41) is 0. The van der Waals surface area contributed by atoms with Gasteiger partial charge in [0.15, 0.2) is 0 Å². The third-order valence-electron chi connectivity index (χ3n) is 11.7. The van der Waals surface area contributed by atoms with Crippen LogP contribution in [0.5, 0.6) is 0 Å². The molecule has 0 saturated carbocycles. The van der Waals surface area contributed by atoms with Gasteiger partial charge in [-0.1, -0.05) is 54.6 Å². The van der Waals surface area contributed by atoms with Crippen LogP contribution in [0.25, 0.3) is 22.3 Å². The van der Waals surface area contributed by atoms with Crippen LogP contribution in [-0.2, 0) is 13.1 Å². The molecule has 2 amide bonds. The number of aryl methyl sites for hydroxylation is 4. The molecule has 5 aromatic rings. The Morgan fingerprint density at radius 3 is 1.11 bits per heavy atom. The van der Waals surface area contributed by atoms with E-state index in [9.17, 15) is 9.59 Å². The summed E-state index contributed by atoms with van der Waals surface area (Å²) < 4.78 is 0. The molecule has 0 spiro atoms. The number of carbonyl (C=O) groups is 2. The quantitative estimate of drug-likeness (QED) is 0.157. The number of aromatic nitrogens is 1. The Kier molecular flexibility index (Phi) is 14.2. The van der Waals surface area contributed by atoms with Gasteiger partial charge in [0.05, 0.1) is 11.4 Å². The summed E-state index contributed by atoms with van der Waals surface area (Å²) in [7, 11) is 0. The van der Waals surface area contributed by atoms with Crippen LogP contribution in [-0.4, -0.2) is 88.8 Å². The van der Waals surface area contributed by atoms with E-state index in [4.69, 9.17) is 4.98 Å². The van der Waals surface area contributed by atoms with Crippen LogP contribution in [0.3, 0.4) is 0 Å². The van der Waals surface area contributed by atoms with Gasteiger partial charge in [-0.3, -0.25) is 24.4 Å². The van der Waals surface area contributed by atoms with Crippen molar-refractivity contribution in [3.63, 3.8) is 0 Å². The minimum Gasteiger partial charge on any atom is -0.336 e. The fourth-order valence-corrected chi connectivity index (χ4v) is 7.76. The van der Waals surface area contributed by atoms with Crippen LogP contribution >= 0.6 is 24.8 Å². The summed E-state index contributed by atoms with van der Waals surface area (Å²) in [6.07, 6.45) is 0. The van der Waals surface area contributed by atoms with E-state index in [1.807, 2.05) is 34.1 Å². The lowest BCUT2D eigenvalue weighted by Gasteiger charge is -2.35. The average molecular weight is 793 g/mol. The van der Waals surface area contributed by atoms with Crippen LogP contribution in [0.1, 0.15) is 65.5 Å². The van der Waals surface area contributed by atoms with E-state index in [1.54, 1.807) is 0 Å². The normalized spacial score (nSPS) is 14.9. The van der Waals surface area contributed by atoms with Gasteiger partial charge in [0.2, 0.25) is 0 Å². The largest absolute Gasteiger partial charge is 0.336 e. The van der Waals surface area contributed by atoms with Crippen molar-refractivity contribution in [2.75, 3.05) is 52.4 Å². The second kappa shape index (κ2) is 18.6. The van der Waals surface area contributed by atoms with Crippen LogP contribution in [0.15, 0.2) is 91.0 Å². The maximum atomic E-state index is 13.4. The molecule has 56 heavy (non-hydrogen) atoms. The maximum absolute atomic E-state index is 13.4. The monoisotopic (exact) mass is 791 g/mol. The van der Waals surface area contributed by atoms with Gasteiger partial charge in [-0.05, 0) is 134 Å². The van der Waals surface area contributed by atoms with Crippen molar-refractivity contribution in [1.29, 1.82) is 0 Å². The first kappa shape index (κ1) is 42.6. The van der Waals surface area contributed by atoms with E-state index in [2.05, 4.69) is 118 Å². The predicted molar refractivity (Wildman–Crippen MR) is 233 cm³/mol. The van der Waals surface area contributed by atoms with Crippen molar-refractivity contribution in [3.8, 4) is 22.3 Å². The molecule has 0 bridgehead atoms. The third-order valence-corrected chi connectivity index (χ3v) is 11.7. The SMILES string of the molecule is Cc1cc(-c2ccc(C(=O)N3CCN(Cc4cccc(CN5CCN(C(=O)c6ccc(-c7cc(C)c(C)c(C)c7)cc6)CC5)n4)CC3)cc2)cc(C)c1C.Cl.Cl. The summed E-state index contributed by atoms with van der Waals surface area (Å²) in [6.45, 7) is 20.6. The third kappa shape index (κ3) is 9.70. The number of pyridine rings is 1. The number of rotatable bonds is 8. The van der Waals surface area contributed by atoms with E-state index in [1.165, 1.54) is 44.5 Å². The van der Waals surface area contributed by atoms with Gasteiger partial charge in [0.25, 0.3) is 11.8 Å². The molecule has 0 N–H and O–H groups in total. The van der Waals surface area contributed by atoms with Gasteiger partial charge in [0.1, 0.15) is 0 Å². The number of nitrogens with zero attached hydrogens (tertiary/aromatic N) is 5. The molecule has 2 fully saturated rings. The fraction of sp³-hybridized carbons (Fsp3) is 0.340. The lowest BCUT2D eigenvalue weighted by molar-refractivity contribution is 0.0624. The number of piperazine rings is 2. The summed E-state index contributed by atoms with van der Waals surface area (Å²) >= 11 is 0. The van der Waals surface area contributed by atoms with E-state index >= 15 is 0 Å². The predicted octanol–water partition coefficient (Wildman–Crippen LogP) is 9.03. The highest BCUT2D eigenvalue weighted by molar-refractivity contribution is 5.95. The van der Waals surface area contributed by atoms with Crippen molar-refractivity contribution in [1.82, 2.24) is 24.6 Å². The zero-order valence-corrected chi connectivity index (χ0v) is 35.2. The highest BCUT2D eigenvalue weighted by Crippen LogP contribution is 2.27. The first-order valence-electron chi connectivity index (χ1n) is 19.4. The molecule has 3 heterocycles. The highest BCUT2D eigenvalue weighted by atomic mass is 35.5. The van der Waals surface area contributed by atoms with E-state index in [-0.39, 0.29) is 36.6 Å². The molecule has 0 aliphatic carbocycles. The first-order chi connectivity index (χ1) is 26.0. The van der Waals surface area contributed by atoms with Crippen LogP contribution in [0.4, 0.5) is 0 Å². The zero-order valence-electron chi connectivity index (χ0n) is 33.6. The van der Waals surface area contributed by atoms with Crippen molar-refractivity contribution >= 4 is 36.6 Å². The van der Waals surface area contributed by atoms with Gasteiger partial charge in [-0.15, -0.1) is 24.8 Å². The van der Waals surface area contributed by atoms with Gasteiger partial charge in [-0.2, -0.15) is 0 Å². The smallest absolute Gasteiger partial charge is 0.253 e. The molecule has 2 aliphatic rings. The standard InChI is InChI=1S/C47H53N5O2.2ClH/c1-32-26-42(27-33(2)36(32)5)38-10-14-40(15-11-38)46(53)51-22-18-49(19-23-51)30-44-8-7-9-45(48-44)31-50-20-24-52(25-21-50)47(54)41-16-12-39(13-17-41)43-28-34(3)37(6)35(4)29-43;;/h7-17,26-29H,18-25,30-31H2,1-6H3;2*1H. The molecular formula is C47H55Cl2N5O2. The molecule has 9 heteroatoms. The number of hydrogen-bond acceptors (Lipinski definition) is 5. The molecule has 7 nitrogen and oxygen atoms in total. The van der Waals surface area contributed by atoms with E-state index < -0.39 is 0 Å². The van der Waals surface area contributed by atoms with Gasteiger partial charge < -0.3 is 9.80 Å². The maximum Gasteiger partial charge on any atom is 0.253 e. The molecule has 0 atom stereocenters. The molecule has 7 rings (SSSR count). The Balaban J connectivity index is 0.00000300. The summed E-state index contributed by atoms with van der Waals surface area (Å²) in [4.78, 5) is 40.5. The lowest BCUT2D eigenvalue weighted by Crippen LogP contribution is -2.48. The van der Waals surface area contributed by atoms with Crippen molar-refractivity contribution in [3.05, 3.63) is 147 Å². The Bertz CT molecular complexity index is 1960. The molecule has 1 aromatic heterocycles. The molecule has 2 saturated heterocycles. The number of hydrogen-bond donors (Lipinski definition) is 0. The van der Waals surface area contributed by atoms with Crippen LogP contribution < -0.4 is 0 Å². The average Bonchev–Trinajstić information content (AvgIpc) is 3.19. The number of amides is 2. The molecule has 2 aliphatic heterocycles. The Morgan fingerprint density at radius 1 is 0.464 bits per heavy atom. The fourth-order valence-electron chi connectivity index (χ4n) is 7.76. The van der Waals surface area contributed by atoms with Gasteiger partial charge in [-0.25, -0.2) is 0 Å². The Morgan fingerprint density at radius 2 is 0.786 bits per heavy atom. The zero-order chi connectivity index (χ0) is 37.9. The number of carbonyl (C=O) groups excluding carboxylic acids is 2. The van der Waals surface area contributed by atoms with E-state index in [0.29, 0.717) is 26.2 Å². The van der Waals surface area contributed by atoms with E-state index in [0.717, 1.165) is 72.9 Å². The minimum absolute atomic E-state index is 0. The molecule has 294 valence electrons. The van der Waals surface area contributed by atoms with Crippen molar-refractivity contribution < 1.29 is 9.59 Å². The summed E-state index contributed by atoms with van der Waals surface area (Å²) in [6, 6.07) is 31.3. The number of halogens is 2. The van der Waals surface area contributed by atoms with Crippen molar-refractivity contribution in [2.45, 2.75) is 54.6 Å². The summed E-state index contributed by atoms with van der Waals surface area (Å²) in [5.41, 5.74) is 16.0. The Labute approximate surface area is 345 Å². The molecule has 0 radical (unpaired) electrons. The van der Waals surface area contributed by atoms with Crippen LogP contribution in [0.2, 0.25) is 0 Å². The topological polar surface area (TPSA) is 60.0 Å². The molecular weight excluding hydrogens is 737 g/mol. The number of benzene rings is 4. The van der Waals surface area contributed by atoms with Crippen molar-refractivity contribution in [2.24, 2.45) is 0 Å². The Hall–Kier alpha value is -4.53.